The number of benzene rings is 3. The topological polar surface area (TPSA) is 84.9 Å². The summed E-state index contributed by atoms with van der Waals surface area (Å²) < 4.78 is 12.8. The van der Waals surface area contributed by atoms with Crippen molar-refractivity contribution in [2.24, 2.45) is 0 Å². The smallest absolute Gasteiger partial charge is 0.335 e. The molecule has 196 valence electrons. The average molecular weight is 624 g/mol. The standard InChI is InChI=1S/C30H29IN2O5/c1-6-37-26-15-22(14-24(31)27(26)38-16-21-10-9-18(3)20(5)12-21)13-23-28(34)32-30(36)33(29(23)35)25-11-17(2)7-8-19(25)4/h7-15H,6,16H2,1-5H3,(H,32,34,36)/b23-13+. The third kappa shape index (κ3) is 5.75. The summed E-state index contributed by atoms with van der Waals surface area (Å²) in [6.07, 6.45) is 1.47. The van der Waals surface area contributed by atoms with Gasteiger partial charge in [0.15, 0.2) is 11.5 Å². The molecule has 0 atom stereocenters. The Morgan fingerprint density at radius 3 is 2.34 bits per heavy atom. The van der Waals surface area contributed by atoms with Crippen molar-refractivity contribution in [3.8, 4) is 11.5 Å². The van der Waals surface area contributed by atoms with E-state index in [1.54, 1.807) is 12.1 Å². The fraction of sp³-hybridized carbons (Fsp3) is 0.233. The number of carbonyl (C=O) groups is 3. The van der Waals surface area contributed by atoms with Crippen molar-refractivity contribution in [3.63, 3.8) is 0 Å². The molecular formula is C30H29IN2O5. The van der Waals surface area contributed by atoms with Gasteiger partial charge in [-0.2, -0.15) is 0 Å². The van der Waals surface area contributed by atoms with E-state index >= 15 is 0 Å². The van der Waals surface area contributed by atoms with E-state index in [9.17, 15) is 14.4 Å². The predicted octanol–water partition coefficient (Wildman–Crippen LogP) is 6.17. The van der Waals surface area contributed by atoms with Gasteiger partial charge >= 0.3 is 6.03 Å². The second-order valence-electron chi connectivity index (χ2n) is 9.22. The van der Waals surface area contributed by atoms with Gasteiger partial charge in [-0.25, -0.2) is 9.69 Å². The van der Waals surface area contributed by atoms with Crippen LogP contribution in [0, 0.1) is 31.3 Å². The maximum atomic E-state index is 13.4. The van der Waals surface area contributed by atoms with Crippen LogP contribution >= 0.6 is 22.6 Å². The van der Waals surface area contributed by atoms with Gasteiger partial charge < -0.3 is 9.47 Å². The fourth-order valence-electron chi connectivity index (χ4n) is 4.13. The molecule has 1 heterocycles. The highest BCUT2D eigenvalue weighted by atomic mass is 127. The molecule has 0 bridgehead atoms. The number of nitrogens with one attached hydrogen (secondary N) is 1. The lowest BCUT2D eigenvalue weighted by molar-refractivity contribution is -0.122. The molecule has 1 aliphatic heterocycles. The third-order valence-electron chi connectivity index (χ3n) is 6.30. The Morgan fingerprint density at radius 2 is 1.63 bits per heavy atom. The molecule has 4 rings (SSSR count). The zero-order valence-electron chi connectivity index (χ0n) is 22.0. The molecule has 0 spiro atoms. The van der Waals surface area contributed by atoms with Gasteiger partial charge in [0.05, 0.1) is 15.9 Å². The van der Waals surface area contributed by atoms with Crippen LogP contribution in [0.25, 0.3) is 6.08 Å². The number of urea groups is 1. The van der Waals surface area contributed by atoms with E-state index < -0.39 is 17.8 Å². The summed E-state index contributed by atoms with van der Waals surface area (Å²) in [4.78, 5) is 39.8. The molecule has 1 saturated heterocycles. The Bertz CT molecular complexity index is 1480. The van der Waals surface area contributed by atoms with E-state index in [4.69, 9.17) is 9.47 Å². The Balaban J connectivity index is 1.67. The van der Waals surface area contributed by atoms with Crippen LogP contribution in [0.4, 0.5) is 10.5 Å². The first-order valence-corrected chi connectivity index (χ1v) is 13.3. The zero-order chi connectivity index (χ0) is 27.6. The molecular weight excluding hydrogens is 595 g/mol. The second-order valence-corrected chi connectivity index (χ2v) is 10.4. The third-order valence-corrected chi connectivity index (χ3v) is 7.11. The number of aryl methyl sites for hydroxylation is 4. The summed E-state index contributed by atoms with van der Waals surface area (Å²) in [5.41, 5.74) is 5.94. The van der Waals surface area contributed by atoms with Crippen LogP contribution in [0.15, 0.2) is 54.1 Å². The van der Waals surface area contributed by atoms with Gasteiger partial charge in [0.1, 0.15) is 12.2 Å². The van der Waals surface area contributed by atoms with Gasteiger partial charge in [-0.3, -0.25) is 14.9 Å². The number of ether oxygens (including phenoxy) is 2. The molecule has 38 heavy (non-hydrogen) atoms. The fourth-order valence-corrected chi connectivity index (χ4v) is 4.91. The molecule has 0 aromatic heterocycles. The number of hydrogen-bond acceptors (Lipinski definition) is 5. The van der Waals surface area contributed by atoms with Crippen LogP contribution in [0.2, 0.25) is 0 Å². The highest BCUT2D eigenvalue weighted by Gasteiger charge is 2.37. The van der Waals surface area contributed by atoms with Crippen LogP contribution in [0.5, 0.6) is 11.5 Å². The van der Waals surface area contributed by atoms with E-state index in [-0.39, 0.29) is 5.57 Å². The lowest BCUT2D eigenvalue weighted by Gasteiger charge is -2.28. The minimum atomic E-state index is -0.773. The molecule has 1 N–H and O–H groups in total. The molecule has 4 amide bonds. The molecule has 8 heteroatoms. The Hall–Kier alpha value is -3.66. The molecule has 7 nitrogen and oxygen atoms in total. The van der Waals surface area contributed by atoms with Crippen molar-refractivity contribution in [1.29, 1.82) is 0 Å². The number of halogens is 1. The van der Waals surface area contributed by atoms with Crippen molar-refractivity contribution in [1.82, 2.24) is 5.32 Å². The summed E-state index contributed by atoms with van der Waals surface area (Å²) in [6.45, 7) is 10.5. The molecule has 1 aliphatic rings. The van der Waals surface area contributed by atoms with Gasteiger partial charge in [0, 0.05) is 0 Å². The van der Waals surface area contributed by atoms with Crippen LogP contribution in [0.3, 0.4) is 0 Å². The number of amides is 4. The Morgan fingerprint density at radius 1 is 0.895 bits per heavy atom. The van der Waals surface area contributed by atoms with Gasteiger partial charge in [-0.15, -0.1) is 0 Å². The van der Waals surface area contributed by atoms with E-state index in [0.29, 0.717) is 36.0 Å². The van der Waals surface area contributed by atoms with E-state index in [2.05, 4.69) is 53.9 Å². The molecule has 1 fully saturated rings. The normalized spacial score (nSPS) is 14.6. The largest absolute Gasteiger partial charge is 0.490 e. The summed E-state index contributed by atoms with van der Waals surface area (Å²) in [5.74, 6) is -0.347. The maximum Gasteiger partial charge on any atom is 0.335 e. The summed E-state index contributed by atoms with van der Waals surface area (Å²) in [7, 11) is 0. The quantitative estimate of drug-likeness (QED) is 0.193. The first kappa shape index (κ1) is 27.4. The lowest BCUT2D eigenvalue weighted by Crippen LogP contribution is -2.54. The summed E-state index contributed by atoms with van der Waals surface area (Å²) in [5, 5.41) is 2.29. The number of imide groups is 2. The van der Waals surface area contributed by atoms with Gasteiger partial charge in [0.2, 0.25) is 0 Å². The van der Waals surface area contributed by atoms with Gasteiger partial charge in [-0.05, 0) is 115 Å². The van der Waals surface area contributed by atoms with Crippen molar-refractivity contribution >= 4 is 52.2 Å². The first-order chi connectivity index (χ1) is 18.1. The number of carbonyl (C=O) groups excluding carboxylic acids is 3. The monoisotopic (exact) mass is 624 g/mol. The first-order valence-electron chi connectivity index (χ1n) is 12.2. The number of hydrogen-bond donors (Lipinski definition) is 1. The van der Waals surface area contributed by atoms with Crippen LogP contribution in [0.1, 0.15) is 40.3 Å². The second kappa shape index (κ2) is 11.4. The molecule has 0 unspecified atom stereocenters. The SMILES string of the molecule is CCOc1cc(/C=C2\C(=O)NC(=O)N(c3cc(C)ccc3C)C2=O)cc(I)c1OCc1ccc(C)c(C)c1. The predicted molar refractivity (Wildman–Crippen MR) is 155 cm³/mol. The Labute approximate surface area is 236 Å². The Kier molecular flexibility index (Phi) is 8.20. The maximum absolute atomic E-state index is 13.4. The van der Waals surface area contributed by atoms with Crippen molar-refractivity contribution in [2.75, 3.05) is 11.5 Å². The number of nitrogens with zero attached hydrogens (tertiary/aromatic N) is 1. The van der Waals surface area contributed by atoms with Crippen LogP contribution in [-0.2, 0) is 16.2 Å². The summed E-state index contributed by atoms with van der Waals surface area (Å²) >= 11 is 2.15. The minimum Gasteiger partial charge on any atom is -0.490 e. The molecule has 0 radical (unpaired) electrons. The zero-order valence-corrected chi connectivity index (χ0v) is 24.1. The summed E-state index contributed by atoms with van der Waals surface area (Å²) in [6, 6.07) is 14.4. The number of anilines is 1. The van der Waals surface area contributed by atoms with Crippen molar-refractivity contribution in [2.45, 2.75) is 41.2 Å². The van der Waals surface area contributed by atoms with E-state index in [0.717, 1.165) is 25.2 Å². The molecule has 0 saturated carbocycles. The van der Waals surface area contributed by atoms with Gasteiger partial charge in [0.25, 0.3) is 11.8 Å². The van der Waals surface area contributed by atoms with Crippen molar-refractivity contribution < 1.29 is 23.9 Å². The number of rotatable bonds is 7. The van der Waals surface area contributed by atoms with E-state index in [1.807, 2.05) is 45.0 Å². The van der Waals surface area contributed by atoms with Crippen molar-refractivity contribution in [3.05, 3.63) is 91.1 Å². The number of barbiturate groups is 1. The van der Waals surface area contributed by atoms with E-state index in [1.165, 1.54) is 17.2 Å². The van der Waals surface area contributed by atoms with Gasteiger partial charge in [-0.1, -0.05) is 30.3 Å². The van der Waals surface area contributed by atoms with Crippen LogP contribution < -0.4 is 19.7 Å². The molecule has 3 aromatic rings. The minimum absolute atomic E-state index is 0.146. The highest BCUT2D eigenvalue weighted by Crippen LogP contribution is 2.36. The lowest BCUT2D eigenvalue weighted by atomic mass is 10.0. The molecule has 0 aliphatic carbocycles. The molecule has 3 aromatic carbocycles. The van der Waals surface area contributed by atoms with Crippen LogP contribution in [-0.4, -0.2) is 24.5 Å². The highest BCUT2D eigenvalue weighted by molar-refractivity contribution is 14.1. The average Bonchev–Trinajstić information content (AvgIpc) is 2.85.